The van der Waals surface area contributed by atoms with Gasteiger partial charge in [-0.15, -0.1) is 0 Å². The van der Waals surface area contributed by atoms with Crippen molar-refractivity contribution in [3.63, 3.8) is 0 Å². The topological polar surface area (TPSA) is 47.0 Å². The lowest BCUT2D eigenvalue weighted by molar-refractivity contribution is 0.188. The first-order valence-electron chi connectivity index (χ1n) is 5.78. The predicted molar refractivity (Wildman–Crippen MR) is 64.3 cm³/mol. The number of ether oxygens (including phenoxy) is 1. The van der Waals surface area contributed by atoms with Crippen molar-refractivity contribution >= 4 is 0 Å². The average molecular weight is 223 g/mol. The van der Waals surface area contributed by atoms with E-state index in [1.54, 1.807) is 7.11 Å². The summed E-state index contributed by atoms with van der Waals surface area (Å²) in [7, 11) is 1.73. The van der Waals surface area contributed by atoms with Crippen molar-refractivity contribution in [3.8, 4) is 0 Å². The summed E-state index contributed by atoms with van der Waals surface area (Å²) in [5.41, 5.74) is 1.09. The minimum atomic E-state index is 0.237. The van der Waals surface area contributed by atoms with Crippen molar-refractivity contribution in [2.75, 3.05) is 20.3 Å². The summed E-state index contributed by atoms with van der Waals surface area (Å²) in [4.78, 5) is 8.72. The highest BCUT2D eigenvalue weighted by Gasteiger charge is 2.12. The fourth-order valence-electron chi connectivity index (χ4n) is 1.58. The molecule has 1 unspecified atom stereocenters. The van der Waals surface area contributed by atoms with E-state index in [1.807, 2.05) is 19.3 Å². The molecule has 0 saturated carbocycles. The highest BCUT2D eigenvalue weighted by Crippen LogP contribution is 2.14. The van der Waals surface area contributed by atoms with Crippen molar-refractivity contribution in [1.82, 2.24) is 15.3 Å². The summed E-state index contributed by atoms with van der Waals surface area (Å²) in [5, 5.41) is 3.40. The van der Waals surface area contributed by atoms with Gasteiger partial charge in [0.05, 0.1) is 6.04 Å². The summed E-state index contributed by atoms with van der Waals surface area (Å²) < 4.78 is 5.06. The molecule has 0 spiro atoms. The van der Waals surface area contributed by atoms with Gasteiger partial charge in [-0.25, -0.2) is 9.97 Å². The number of hydrogen-bond donors (Lipinski definition) is 1. The highest BCUT2D eigenvalue weighted by atomic mass is 16.5. The Morgan fingerprint density at radius 2 is 2.06 bits per heavy atom. The minimum absolute atomic E-state index is 0.237. The number of aryl methyl sites for hydroxylation is 1. The summed E-state index contributed by atoms with van der Waals surface area (Å²) >= 11 is 0. The number of rotatable bonds is 7. The Balaban J connectivity index is 2.57. The van der Waals surface area contributed by atoms with Crippen LogP contribution in [0.5, 0.6) is 0 Å². The number of hydrogen-bond acceptors (Lipinski definition) is 4. The molecule has 0 bridgehead atoms. The van der Waals surface area contributed by atoms with E-state index in [9.17, 15) is 0 Å². The van der Waals surface area contributed by atoms with Crippen molar-refractivity contribution in [3.05, 3.63) is 23.8 Å². The van der Waals surface area contributed by atoms with Gasteiger partial charge in [0.25, 0.3) is 0 Å². The van der Waals surface area contributed by atoms with Crippen LogP contribution >= 0.6 is 0 Å². The van der Waals surface area contributed by atoms with Gasteiger partial charge in [0.2, 0.25) is 0 Å². The van der Waals surface area contributed by atoms with Gasteiger partial charge in [-0.1, -0.05) is 6.92 Å². The number of nitrogens with one attached hydrogen (secondary N) is 1. The predicted octanol–water partition coefficient (Wildman–Crippen LogP) is 1.86. The number of methoxy groups -OCH3 is 1. The molecule has 1 N–H and O–H groups in total. The SMILES string of the molecule is CCNC(CCCOC)c1ncc(C)cn1. The third kappa shape index (κ3) is 4.24. The Labute approximate surface area is 97.5 Å². The van der Waals surface area contributed by atoms with Crippen LogP contribution in [0.15, 0.2) is 12.4 Å². The third-order valence-electron chi connectivity index (χ3n) is 2.40. The van der Waals surface area contributed by atoms with Crippen molar-refractivity contribution < 1.29 is 4.74 Å². The summed E-state index contributed by atoms with van der Waals surface area (Å²) in [6, 6.07) is 0.237. The quantitative estimate of drug-likeness (QED) is 0.717. The molecule has 0 amide bonds. The fraction of sp³-hybridized carbons (Fsp3) is 0.667. The van der Waals surface area contributed by atoms with E-state index in [-0.39, 0.29) is 6.04 Å². The lowest BCUT2D eigenvalue weighted by Gasteiger charge is -2.16. The van der Waals surface area contributed by atoms with E-state index in [2.05, 4.69) is 22.2 Å². The van der Waals surface area contributed by atoms with E-state index >= 15 is 0 Å². The summed E-state index contributed by atoms with van der Waals surface area (Å²) in [5.74, 6) is 0.878. The number of aromatic nitrogens is 2. The van der Waals surface area contributed by atoms with Gasteiger partial charge in [-0.3, -0.25) is 0 Å². The van der Waals surface area contributed by atoms with E-state index in [4.69, 9.17) is 4.74 Å². The maximum absolute atomic E-state index is 5.06. The summed E-state index contributed by atoms with van der Waals surface area (Å²) in [6.07, 6.45) is 5.75. The second kappa shape index (κ2) is 7.30. The molecule has 0 saturated heterocycles. The molecule has 0 fully saturated rings. The van der Waals surface area contributed by atoms with Crippen LogP contribution in [0, 0.1) is 6.92 Å². The summed E-state index contributed by atoms with van der Waals surface area (Å²) in [6.45, 7) is 5.80. The fourth-order valence-corrected chi connectivity index (χ4v) is 1.58. The first-order chi connectivity index (χ1) is 7.77. The van der Waals surface area contributed by atoms with Crippen LogP contribution in [0.4, 0.5) is 0 Å². The average Bonchev–Trinajstić information content (AvgIpc) is 2.29. The lowest BCUT2D eigenvalue weighted by Crippen LogP contribution is -2.23. The Kier molecular flexibility index (Phi) is 5.96. The van der Waals surface area contributed by atoms with Crippen molar-refractivity contribution in [2.24, 2.45) is 0 Å². The van der Waals surface area contributed by atoms with E-state index in [0.717, 1.165) is 37.4 Å². The van der Waals surface area contributed by atoms with Gasteiger partial charge in [0.15, 0.2) is 0 Å². The Bertz CT molecular complexity index is 287. The van der Waals surface area contributed by atoms with E-state index < -0.39 is 0 Å². The largest absolute Gasteiger partial charge is 0.385 e. The highest BCUT2D eigenvalue weighted by molar-refractivity contribution is 5.04. The zero-order valence-corrected chi connectivity index (χ0v) is 10.4. The number of nitrogens with zero attached hydrogens (tertiary/aromatic N) is 2. The van der Waals surface area contributed by atoms with Crippen LogP contribution in [-0.2, 0) is 4.74 Å². The van der Waals surface area contributed by atoms with Gasteiger partial charge in [-0.05, 0) is 31.9 Å². The molecule has 1 rings (SSSR count). The van der Waals surface area contributed by atoms with Gasteiger partial charge >= 0.3 is 0 Å². The van der Waals surface area contributed by atoms with Gasteiger partial charge in [0.1, 0.15) is 5.82 Å². The van der Waals surface area contributed by atoms with Crippen LogP contribution in [0.3, 0.4) is 0 Å². The molecule has 4 heteroatoms. The maximum Gasteiger partial charge on any atom is 0.145 e. The van der Waals surface area contributed by atoms with Crippen molar-refractivity contribution in [2.45, 2.75) is 32.7 Å². The van der Waals surface area contributed by atoms with Crippen molar-refractivity contribution in [1.29, 1.82) is 0 Å². The monoisotopic (exact) mass is 223 g/mol. The van der Waals surface area contributed by atoms with E-state index in [1.165, 1.54) is 0 Å². The zero-order valence-electron chi connectivity index (χ0n) is 10.4. The molecule has 1 heterocycles. The molecule has 4 nitrogen and oxygen atoms in total. The normalized spacial score (nSPS) is 12.7. The second-order valence-corrected chi connectivity index (χ2v) is 3.86. The van der Waals surface area contributed by atoms with Crippen LogP contribution in [0.2, 0.25) is 0 Å². The van der Waals surface area contributed by atoms with Gasteiger partial charge < -0.3 is 10.1 Å². The Hall–Kier alpha value is -1.00. The van der Waals surface area contributed by atoms with Crippen LogP contribution in [0.1, 0.15) is 37.2 Å². The smallest absolute Gasteiger partial charge is 0.145 e. The molecule has 90 valence electrons. The van der Waals surface area contributed by atoms with Crippen LogP contribution < -0.4 is 5.32 Å². The molecule has 1 aromatic heterocycles. The molecular formula is C12H21N3O. The Morgan fingerprint density at radius 1 is 1.38 bits per heavy atom. The molecular weight excluding hydrogens is 202 g/mol. The second-order valence-electron chi connectivity index (χ2n) is 3.86. The van der Waals surface area contributed by atoms with Crippen LogP contribution in [-0.4, -0.2) is 30.2 Å². The van der Waals surface area contributed by atoms with Crippen LogP contribution in [0.25, 0.3) is 0 Å². The molecule has 1 aromatic rings. The minimum Gasteiger partial charge on any atom is -0.385 e. The lowest BCUT2D eigenvalue weighted by atomic mass is 10.1. The van der Waals surface area contributed by atoms with E-state index in [0.29, 0.717) is 0 Å². The molecule has 0 aliphatic carbocycles. The third-order valence-corrected chi connectivity index (χ3v) is 2.40. The first kappa shape index (κ1) is 13.1. The molecule has 1 atom stereocenters. The Morgan fingerprint density at radius 3 is 2.62 bits per heavy atom. The standard InChI is InChI=1S/C12H21N3O/c1-4-13-11(6-5-7-16-3)12-14-8-10(2)9-15-12/h8-9,11,13H,4-7H2,1-3H3. The molecule has 0 radical (unpaired) electrons. The molecule has 16 heavy (non-hydrogen) atoms. The molecule has 0 aromatic carbocycles. The molecule has 0 aliphatic rings. The zero-order chi connectivity index (χ0) is 11.8. The molecule has 0 aliphatic heterocycles. The van der Waals surface area contributed by atoms with Gasteiger partial charge in [0, 0.05) is 26.1 Å². The van der Waals surface area contributed by atoms with Gasteiger partial charge in [-0.2, -0.15) is 0 Å². The maximum atomic E-state index is 5.06. The first-order valence-corrected chi connectivity index (χ1v) is 5.78.